The maximum Gasteiger partial charge on any atom is 0.306 e. The summed E-state index contributed by atoms with van der Waals surface area (Å²) < 4.78 is 15.3. The summed E-state index contributed by atoms with van der Waals surface area (Å²) in [4.78, 5) is 23.7. The maximum absolute atomic E-state index is 11.9. The Morgan fingerprint density at radius 2 is 1.96 bits per heavy atom. The summed E-state index contributed by atoms with van der Waals surface area (Å²) in [6.07, 6.45) is -0.0621. The second-order valence-corrected chi connectivity index (χ2v) is 4.97. The number of carbonyl (C=O) groups excluding carboxylic acids is 1. The van der Waals surface area contributed by atoms with Gasteiger partial charge in [-0.2, -0.15) is 0 Å². The number of rotatable bonds is 6. The van der Waals surface area contributed by atoms with Crippen molar-refractivity contribution in [2.75, 3.05) is 14.2 Å². The van der Waals surface area contributed by atoms with E-state index in [1.54, 1.807) is 24.3 Å². The number of esters is 1. The van der Waals surface area contributed by atoms with Gasteiger partial charge in [-0.1, -0.05) is 30.3 Å². The second kappa shape index (κ2) is 7.60. The summed E-state index contributed by atoms with van der Waals surface area (Å²) in [5.74, 6) is -1.31. The highest BCUT2D eigenvalue weighted by atomic mass is 16.5. The highest BCUT2D eigenvalue weighted by Crippen LogP contribution is 2.33. The molecule has 0 fully saturated rings. The Bertz CT molecular complexity index is 720. The molecular weight excluding hydrogens is 300 g/mol. The first-order valence-corrected chi connectivity index (χ1v) is 7.03. The lowest BCUT2D eigenvalue weighted by atomic mass is 9.92. The molecule has 1 aromatic carbocycles. The van der Waals surface area contributed by atoms with Crippen LogP contribution in [0.4, 0.5) is 0 Å². The summed E-state index contributed by atoms with van der Waals surface area (Å²) in [6.45, 7) is 0.0856. The lowest BCUT2D eigenvalue weighted by Gasteiger charge is -2.17. The van der Waals surface area contributed by atoms with Crippen LogP contribution in [-0.4, -0.2) is 25.3 Å². The zero-order valence-corrected chi connectivity index (χ0v) is 12.9. The standard InChI is InChI=1S/C17H18O6/c1-21-10-12-8-14(18)16(20)17(23-12)13(9-15(19)22-2)11-6-4-3-5-7-11/h3-8,13,20H,9-10H2,1-2H3. The van der Waals surface area contributed by atoms with Crippen LogP contribution in [0.1, 0.15) is 29.4 Å². The van der Waals surface area contributed by atoms with Crippen LogP contribution in [-0.2, 0) is 20.9 Å². The van der Waals surface area contributed by atoms with Gasteiger partial charge in [0, 0.05) is 13.2 Å². The van der Waals surface area contributed by atoms with Gasteiger partial charge in [-0.3, -0.25) is 9.59 Å². The Hall–Kier alpha value is -2.60. The largest absolute Gasteiger partial charge is 0.502 e. The Morgan fingerprint density at radius 1 is 1.26 bits per heavy atom. The topological polar surface area (TPSA) is 86.0 Å². The third kappa shape index (κ3) is 3.98. The molecule has 2 rings (SSSR count). The lowest BCUT2D eigenvalue weighted by Crippen LogP contribution is -2.14. The van der Waals surface area contributed by atoms with E-state index in [9.17, 15) is 14.7 Å². The quantitative estimate of drug-likeness (QED) is 0.822. The van der Waals surface area contributed by atoms with Crippen molar-refractivity contribution < 1.29 is 23.8 Å². The zero-order valence-electron chi connectivity index (χ0n) is 12.9. The van der Waals surface area contributed by atoms with E-state index in [0.29, 0.717) is 0 Å². The molecule has 1 N–H and O–H groups in total. The van der Waals surface area contributed by atoms with Crippen LogP contribution in [0.25, 0.3) is 0 Å². The van der Waals surface area contributed by atoms with E-state index >= 15 is 0 Å². The maximum atomic E-state index is 11.9. The molecule has 6 heteroatoms. The van der Waals surface area contributed by atoms with Gasteiger partial charge >= 0.3 is 5.97 Å². The predicted octanol–water partition coefficient (Wildman–Crippen LogP) is 2.19. The van der Waals surface area contributed by atoms with Gasteiger partial charge in [0.15, 0.2) is 5.76 Å². The van der Waals surface area contributed by atoms with Gasteiger partial charge in [0.1, 0.15) is 12.4 Å². The summed E-state index contributed by atoms with van der Waals surface area (Å²) in [5, 5.41) is 10.1. The van der Waals surface area contributed by atoms with Gasteiger partial charge in [-0.25, -0.2) is 0 Å². The van der Waals surface area contributed by atoms with E-state index in [1.807, 2.05) is 6.07 Å². The predicted molar refractivity (Wildman–Crippen MR) is 82.3 cm³/mol. The Kier molecular flexibility index (Phi) is 5.54. The molecule has 0 saturated heterocycles. The molecule has 0 spiro atoms. The van der Waals surface area contributed by atoms with E-state index < -0.39 is 23.1 Å². The van der Waals surface area contributed by atoms with E-state index in [-0.39, 0.29) is 24.5 Å². The summed E-state index contributed by atoms with van der Waals surface area (Å²) in [5.41, 5.74) is 0.148. The van der Waals surface area contributed by atoms with Crippen LogP contribution in [0.5, 0.6) is 5.75 Å². The first-order chi connectivity index (χ1) is 11.1. The van der Waals surface area contributed by atoms with Crippen LogP contribution < -0.4 is 5.43 Å². The van der Waals surface area contributed by atoms with Crippen LogP contribution in [0.15, 0.2) is 45.6 Å². The summed E-state index contributed by atoms with van der Waals surface area (Å²) in [6, 6.07) is 10.2. The van der Waals surface area contributed by atoms with Crippen LogP contribution in [0.3, 0.4) is 0 Å². The summed E-state index contributed by atoms with van der Waals surface area (Å²) in [7, 11) is 2.75. The molecule has 1 atom stereocenters. The minimum absolute atomic E-state index is 0.0288. The van der Waals surface area contributed by atoms with Gasteiger partial charge in [0.05, 0.1) is 19.4 Å². The van der Waals surface area contributed by atoms with Crippen molar-refractivity contribution in [3.05, 3.63) is 63.7 Å². The van der Waals surface area contributed by atoms with Crippen LogP contribution >= 0.6 is 0 Å². The molecular formula is C17H18O6. The van der Waals surface area contributed by atoms with Crippen molar-refractivity contribution in [3.8, 4) is 5.75 Å². The molecule has 6 nitrogen and oxygen atoms in total. The number of benzene rings is 1. The highest BCUT2D eigenvalue weighted by molar-refractivity contribution is 5.71. The fourth-order valence-electron chi connectivity index (χ4n) is 2.30. The lowest BCUT2D eigenvalue weighted by molar-refractivity contribution is -0.140. The molecule has 23 heavy (non-hydrogen) atoms. The molecule has 0 amide bonds. The van der Waals surface area contributed by atoms with E-state index in [2.05, 4.69) is 0 Å². The molecule has 1 heterocycles. The molecule has 1 aromatic heterocycles. The number of hydrogen-bond donors (Lipinski definition) is 1. The molecule has 0 bridgehead atoms. The van der Waals surface area contributed by atoms with Gasteiger partial charge in [-0.15, -0.1) is 0 Å². The Morgan fingerprint density at radius 3 is 2.57 bits per heavy atom. The average molecular weight is 318 g/mol. The fraction of sp³-hybridized carbons (Fsp3) is 0.294. The van der Waals surface area contributed by atoms with Crippen molar-refractivity contribution in [1.82, 2.24) is 0 Å². The number of aromatic hydroxyl groups is 1. The van der Waals surface area contributed by atoms with Gasteiger partial charge in [0.25, 0.3) is 0 Å². The second-order valence-electron chi connectivity index (χ2n) is 4.97. The molecule has 0 saturated carbocycles. The van der Waals surface area contributed by atoms with Crippen LogP contribution in [0, 0.1) is 0 Å². The Labute approximate surface area is 133 Å². The minimum atomic E-state index is -0.631. The monoisotopic (exact) mass is 318 g/mol. The first kappa shape index (κ1) is 16.8. The third-order valence-electron chi connectivity index (χ3n) is 3.40. The van der Waals surface area contributed by atoms with Crippen LogP contribution in [0.2, 0.25) is 0 Å². The molecule has 1 unspecified atom stereocenters. The van der Waals surface area contributed by atoms with E-state index in [1.165, 1.54) is 20.3 Å². The van der Waals surface area contributed by atoms with Crippen molar-refractivity contribution in [1.29, 1.82) is 0 Å². The zero-order chi connectivity index (χ0) is 16.8. The summed E-state index contributed by atoms with van der Waals surface area (Å²) >= 11 is 0. The van der Waals surface area contributed by atoms with Gasteiger partial charge in [-0.05, 0) is 5.56 Å². The third-order valence-corrected chi connectivity index (χ3v) is 3.40. The Balaban J connectivity index is 2.54. The normalized spacial score (nSPS) is 11.9. The van der Waals surface area contributed by atoms with Crippen molar-refractivity contribution in [3.63, 3.8) is 0 Å². The number of ether oxygens (including phenoxy) is 2. The van der Waals surface area contributed by atoms with Crippen molar-refractivity contribution >= 4 is 5.97 Å². The smallest absolute Gasteiger partial charge is 0.306 e. The van der Waals surface area contributed by atoms with E-state index in [4.69, 9.17) is 13.9 Å². The minimum Gasteiger partial charge on any atom is -0.502 e. The molecule has 0 aliphatic rings. The molecule has 0 aliphatic heterocycles. The van der Waals surface area contributed by atoms with E-state index in [0.717, 1.165) is 5.56 Å². The van der Waals surface area contributed by atoms with Crippen molar-refractivity contribution in [2.24, 2.45) is 0 Å². The SMILES string of the molecule is COCc1cc(=O)c(O)c(C(CC(=O)OC)c2ccccc2)o1. The average Bonchev–Trinajstić information content (AvgIpc) is 2.57. The number of methoxy groups -OCH3 is 2. The molecule has 0 aliphatic carbocycles. The molecule has 122 valence electrons. The van der Waals surface area contributed by atoms with Crippen molar-refractivity contribution in [2.45, 2.75) is 18.9 Å². The molecule has 0 radical (unpaired) electrons. The number of carbonyl (C=O) groups is 1. The van der Waals surface area contributed by atoms with Gasteiger partial charge < -0.3 is 19.0 Å². The van der Waals surface area contributed by atoms with Gasteiger partial charge in [0.2, 0.25) is 11.2 Å². The molecule has 2 aromatic rings. The number of hydrogen-bond acceptors (Lipinski definition) is 6. The highest BCUT2D eigenvalue weighted by Gasteiger charge is 2.26. The fourth-order valence-corrected chi connectivity index (χ4v) is 2.30. The first-order valence-electron chi connectivity index (χ1n) is 7.03.